The summed E-state index contributed by atoms with van der Waals surface area (Å²) in [5.74, 6) is -0.333. The van der Waals surface area contributed by atoms with Crippen molar-refractivity contribution in [2.45, 2.75) is 46.2 Å². The number of hydrogen-bond donors (Lipinski definition) is 1. The molecule has 0 aliphatic carbocycles. The van der Waals surface area contributed by atoms with E-state index in [1.807, 2.05) is 29.0 Å². The molecule has 33 heavy (non-hydrogen) atoms. The largest absolute Gasteiger partial charge is 0.350 e. The Bertz CT molecular complexity index is 1170. The minimum atomic E-state index is -1.20. The third kappa shape index (κ3) is 5.21. The van der Waals surface area contributed by atoms with Crippen LogP contribution < -0.4 is 5.32 Å². The van der Waals surface area contributed by atoms with Crippen molar-refractivity contribution in [1.29, 1.82) is 0 Å². The van der Waals surface area contributed by atoms with Crippen molar-refractivity contribution < 1.29 is 14.0 Å². The van der Waals surface area contributed by atoms with Gasteiger partial charge in [-0.15, -0.1) is 0 Å². The molecule has 7 nitrogen and oxygen atoms in total. The number of halogens is 1. The molecule has 8 heteroatoms. The van der Waals surface area contributed by atoms with Gasteiger partial charge in [-0.2, -0.15) is 0 Å². The number of aromatic nitrogens is 3. The van der Waals surface area contributed by atoms with E-state index in [4.69, 9.17) is 0 Å². The predicted octanol–water partition coefficient (Wildman–Crippen LogP) is 4.16. The topological polar surface area (TPSA) is 80.1 Å². The summed E-state index contributed by atoms with van der Waals surface area (Å²) in [5, 5.41) is 3.71. The molecule has 0 aromatic carbocycles. The highest BCUT2D eigenvalue weighted by atomic mass is 19.1. The zero-order valence-electron chi connectivity index (χ0n) is 19.6. The number of hydrogen-bond acceptors (Lipinski definition) is 4. The number of carbonyl (C=O) groups excluding carboxylic acids is 2. The molecule has 4 heterocycles. The van der Waals surface area contributed by atoms with Crippen LogP contribution in [0.2, 0.25) is 0 Å². The lowest BCUT2D eigenvalue weighted by atomic mass is 9.95. The molecule has 1 aliphatic heterocycles. The standard InChI is InChI=1S/C25H30FN5O2/c1-24(2,3)16-29-22(32)20-6-5-19(15-27-20)31-10-7-17-13-18(14-28-21(17)31)23(33)30-11-8-25(4,26)9-12-30/h5-7,10,13-15H,8-9,11-12,16H2,1-4H3,(H,29,32). The Morgan fingerprint density at radius 1 is 1.12 bits per heavy atom. The van der Waals surface area contributed by atoms with Crippen molar-refractivity contribution in [3.05, 3.63) is 54.1 Å². The maximum atomic E-state index is 14.1. The number of alkyl halides is 1. The number of pyridine rings is 2. The van der Waals surface area contributed by atoms with E-state index in [9.17, 15) is 14.0 Å². The third-order valence-electron chi connectivity index (χ3n) is 5.90. The van der Waals surface area contributed by atoms with Crippen LogP contribution in [-0.4, -0.2) is 56.6 Å². The molecule has 1 aliphatic rings. The van der Waals surface area contributed by atoms with Gasteiger partial charge in [-0.25, -0.2) is 14.4 Å². The fraction of sp³-hybridized carbons (Fsp3) is 0.440. The summed E-state index contributed by atoms with van der Waals surface area (Å²) in [6.45, 7) is 9.13. The second kappa shape index (κ2) is 8.57. The van der Waals surface area contributed by atoms with E-state index in [0.29, 0.717) is 49.4 Å². The molecule has 1 fully saturated rings. The van der Waals surface area contributed by atoms with E-state index in [-0.39, 0.29) is 17.2 Å². The lowest BCUT2D eigenvalue weighted by Crippen LogP contribution is -2.43. The number of amides is 2. The maximum Gasteiger partial charge on any atom is 0.269 e. The number of piperidine rings is 1. The van der Waals surface area contributed by atoms with Crippen molar-refractivity contribution in [2.75, 3.05) is 19.6 Å². The van der Waals surface area contributed by atoms with E-state index in [1.165, 1.54) is 0 Å². The van der Waals surface area contributed by atoms with Crippen LogP contribution in [0.15, 0.2) is 42.9 Å². The van der Waals surface area contributed by atoms with Crippen LogP contribution in [0.3, 0.4) is 0 Å². The summed E-state index contributed by atoms with van der Waals surface area (Å²) in [5.41, 5.74) is 1.09. The molecule has 0 atom stereocenters. The van der Waals surface area contributed by atoms with Gasteiger partial charge >= 0.3 is 0 Å². The quantitative estimate of drug-likeness (QED) is 0.646. The minimum absolute atomic E-state index is 0.00655. The molecule has 0 radical (unpaired) electrons. The van der Waals surface area contributed by atoms with Gasteiger partial charge in [0.15, 0.2) is 0 Å². The van der Waals surface area contributed by atoms with Gasteiger partial charge in [0.1, 0.15) is 17.0 Å². The first-order chi connectivity index (χ1) is 15.5. The fourth-order valence-electron chi connectivity index (χ4n) is 3.81. The van der Waals surface area contributed by atoms with Crippen molar-refractivity contribution in [2.24, 2.45) is 5.41 Å². The van der Waals surface area contributed by atoms with Gasteiger partial charge in [-0.05, 0) is 49.4 Å². The van der Waals surface area contributed by atoms with E-state index >= 15 is 0 Å². The summed E-state index contributed by atoms with van der Waals surface area (Å²) in [6.07, 6.45) is 5.75. The molecule has 0 unspecified atom stereocenters. The molecule has 0 bridgehead atoms. The van der Waals surface area contributed by atoms with Crippen LogP contribution in [0.5, 0.6) is 0 Å². The summed E-state index contributed by atoms with van der Waals surface area (Å²) in [7, 11) is 0. The number of nitrogens with one attached hydrogen (secondary N) is 1. The molecule has 3 aromatic rings. The van der Waals surface area contributed by atoms with Gasteiger partial charge in [-0.1, -0.05) is 20.8 Å². The van der Waals surface area contributed by atoms with E-state index < -0.39 is 5.67 Å². The van der Waals surface area contributed by atoms with Crippen LogP contribution in [0.25, 0.3) is 16.7 Å². The first kappa shape index (κ1) is 22.9. The summed E-state index contributed by atoms with van der Waals surface area (Å²) in [4.78, 5) is 35.7. The fourth-order valence-corrected chi connectivity index (χ4v) is 3.81. The zero-order valence-corrected chi connectivity index (χ0v) is 19.6. The monoisotopic (exact) mass is 451 g/mol. The molecule has 1 N–H and O–H groups in total. The normalized spacial score (nSPS) is 16.1. The summed E-state index contributed by atoms with van der Waals surface area (Å²) >= 11 is 0. The summed E-state index contributed by atoms with van der Waals surface area (Å²) in [6, 6.07) is 7.21. The SMILES string of the molecule is CC(C)(C)CNC(=O)c1ccc(-n2ccc3cc(C(=O)N4CCC(C)(F)CC4)cnc32)cn1. The Balaban J connectivity index is 1.49. The van der Waals surface area contributed by atoms with Gasteiger partial charge < -0.3 is 10.2 Å². The van der Waals surface area contributed by atoms with Crippen LogP contribution in [0.4, 0.5) is 4.39 Å². The molecular weight excluding hydrogens is 421 g/mol. The van der Waals surface area contributed by atoms with E-state index in [0.717, 1.165) is 11.1 Å². The first-order valence-electron chi connectivity index (χ1n) is 11.2. The number of nitrogens with zero attached hydrogens (tertiary/aromatic N) is 4. The number of carbonyl (C=O) groups is 2. The smallest absolute Gasteiger partial charge is 0.269 e. The van der Waals surface area contributed by atoms with Gasteiger partial charge in [0.25, 0.3) is 11.8 Å². The molecule has 2 amide bonds. The molecule has 174 valence electrons. The Labute approximate surface area is 193 Å². The van der Waals surface area contributed by atoms with Gasteiger partial charge in [0.05, 0.1) is 17.4 Å². The summed E-state index contributed by atoms with van der Waals surface area (Å²) < 4.78 is 15.9. The Morgan fingerprint density at radius 3 is 2.48 bits per heavy atom. The zero-order chi connectivity index (χ0) is 23.8. The Hall–Kier alpha value is -3.29. The second-order valence-electron chi connectivity index (χ2n) is 10.2. The second-order valence-corrected chi connectivity index (χ2v) is 10.2. The lowest BCUT2D eigenvalue weighted by Gasteiger charge is -2.34. The van der Waals surface area contributed by atoms with Crippen LogP contribution >= 0.6 is 0 Å². The number of likely N-dealkylation sites (tertiary alicyclic amines) is 1. The maximum absolute atomic E-state index is 14.1. The van der Waals surface area contributed by atoms with Crippen LogP contribution in [0, 0.1) is 5.41 Å². The Morgan fingerprint density at radius 2 is 1.85 bits per heavy atom. The highest BCUT2D eigenvalue weighted by molar-refractivity contribution is 5.97. The average Bonchev–Trinajstić information content (AvgIpc) is 3.20. The molecular formula is C25H30FN5O2. The third-order valence-corrected chi connectivity index (χ3v) is 5.90. The Kier molecular flexibility index (Phi) is 5.95. The van der Waals surface area contributed by atoms with Crippen LogP contribution in [0.1, 0.15) is 61.4 Å². The molecule has 0 spiro atoms. The first-order valence-corrected chi connectivity index (χ1v) is 11.2. The minimum Gasteiger partial charge on any atom is -0.350 e. The van der Waals surface area contributed by atoms with Gasteiger partial charge in [0.2, 0.25) is 0 Å². The van der Waals surface area contributed by atoms with Crippen molar-refractivity contribution in [3.8, 4) is 5.69 Å². The predicted molar refractivity (Wildman–Crippen MR) is 125 cm³/mol. The van der Waals surface area contributed by atoms with Crippen LogP contribution in [-0.2, 0) is 0 Å². The van der Waals surface area contributed by atoms with Gasteiger partial charge in [0, 0.05) is 37.4 Å². The lowest BCUT2D eigenvalue weighted by molar-refractivity contribution is 0.0503. The van der Waals surface area contributed by atoms with E-state index in [2.05, 4.69) is 36.1 Å². The molecule has 4 rings (SSSR count). The van der Waals surface area contributed by atoms with Gasteiger partial charge in [-0.3, -0.25) is 14.2 Å². The van der Waals surface area contributed by atoms with Crippen molar-refractivity contribution in [3.63, 3.8) is 0 Å². The van der Waals surface area contributed by atoms with Crippen molar-refractivity contribution in [1.82, 2.24) is 24.8 Å². The number of rotatable bonds is 4. The molecule has 1 saturated heterocycles. The number of fused-ring (bicyclic) bond motifs is 1. The molecule has 3 aromatic heterocycles. The highest BCUT2D eigenvalue weighted by Gasteiger charge is 2.32. The van der Waals surface area contributed by atoms with Crippen molar-refractivity contribution >= 4 is 22.8 Å². The highest BCUT2D eigenvalue weighted by Crippen LogP contribution is 2.27. The van der Waals surface area contributed by atoms with E-state index in [1.54, 1.807) is 30.3 Å². The molecule has 0 saturated carbocycles. The average molecular weight is 452 g/mol.